The molecular formula is C26H24FN3O3. The van der Waals surface area contributed by atoms with E-state index in [9.17, 15) is 18.8 Å². The van der Waals surface area contributed by atoms with Crippen LogP contribution in [0, 0.1) is 12.7 Å². The van der Waals surface area contributed by atoms with Gasteiger partial charge >= 0.3 is 6.03 Å². The predicted molar refractivity (Wildman–Crippen MR) is 121 cm³/mol. The molecule has 1 atom stereocenters. The third-order valence-electron chi connectivity index (χ3n) is 5.78. The Balaban J connectivity index is 1.52. The number of nitrogens with zero attached hydrogens (tertiary/aromatic N) is 1. The van der Waals surface area contributed by atoms with Crippen LogP contribution in [-0.4, -0.2) is 29.3 Å². The van der Waals surface area contributed by atoms with Crippen LogP contribution < -0.4 is 10.6 Å². The molecule has 1 aliphatic heterocycles. The Morgan fingerprint density at radius 2 is 1.64 bits per heavy atom. The van der Waals surface area contributed by atoms with Crippen molar-refractivity contribution in [2.45, 2.75) is 25.4 Å². The zero-order valence-corrected chi connectivity index (χ0v) is 18.2. The number of amides is 4. The number of halogens is 1. The summed E-state index contributed by atoms with van der Waals surface area (Å²) in [4.78, 5) is 39.8. The van der Waals surface area contributed by atoms with E-state index >= 15 is 0 Å². The average Bonchev–Trinajstić information content (AvgIpc) is 3.06. The summed E-state index contributed by atoms with van der Waals surface area (Å²) in [6.07, 6.45) is 0.253. The summed E-state index contributed by atoms with van der Waals surface area (Å²) in [5.74, 6) is -1.36. The number of rotatable bonds is 7. The quantitative estimate of drug-likeness (QED) is 0.547. The van der Waals surface area contributed by atoms with Crippen molar-refractivity contribution in [3.8, 4) is 0 Å². The maximum absolute atomic E-state index is 13.7. The number of imide groups is 1. The molecule has 3 aromatic rings. The topological polar surface area (TPSA) is 78.5 Å². The predicted octanol–water partition coefficient (Wildman–Crippen LogP) is 3.44. The maximum atomic E-state index is 13.7. The number of carbonyl (C=O) groups is 3. The molecule has 1 heterocycles. The molecule has 4 rings (SSSR count). The molecule has 0 aliphatic carbocycles. The van der Waals surface area contributed by atoms with Crippen molar-refractivity contribution in [1.29, 1.82) is 0 Å². The van der Waals surface area contributed by atoms with Crippen LogP contribution in [0.3, 0.4) is 0 Å². The van der Waals surface area contributed by atoms with E-state index in [1.54, 1.807) is 43.3 Å². The summed E-state index contributed by atoms with van der Waals surface area (Å²) >= 11 is 0. The van der Waals surface area contributed by atoms with Gasteiger partial charge in [-0.25, -0.2) is 9.18 Å². The van der Waals surface area contributed by atoms with Crippen LogP contribution in [0.5, 0.6) is 0 Å². The molecule has 3 aromatic carbocycles. The molecule has 1 aliphatic rings. The zero-order valence-electron chi connectivity index (χ0n) is 18.2. The maximum Gasteiger partial charge on any atom is 0.325 e. The molecule has 33 heavy (non-hydrogen) atoms. The Morgan fingerprint density at radius 3 is 2.30 bits per heavy atom. The lowest BCUT2D eigenvalue weighted by atomic mass is 9.83. The number of benzene rings is 3. The second kappa shape index (κ2) is 9.24. The second-order valence-electron chi connectivity index (χ2n) is 8.12. The summed E-state index contributed by atoms with van der Waals surface area (Å²) in [5, 5.41) is 5.48. The SMILES string of the molecule is Cc1ccc(CNC(=O)CN2C(=O)NC(Cc3ccccc3)(c3ccccc3)C2=O)cc1F. The van der Waals surface area contributed by atoms with Gasteiger partial charge in [-0.3, -0.25) is 14.5 Å². The Kier molecular flexibility index (Phi) is 6.22. The van der Waals surface area contributed by atoms with E-state index in [4.69, 9.17) is 0 Å². The number of carbonyl (C=O) groups excluding carboxylic acids is 3. The fourth-order valence-corrected chi connectivity index (χ4v) is 3.96. The van der Waals surface area contributed by atoms with Crippen LogP contribution in [0.2, 0.25) is 0 Å². The highest BCUT2D eigenvalue weighted by molar-refractivity contribution is 6.09. The van der Waals surface area contributed by atoms with E-state index in [1.165, 1.54) is 6.07 Å². The number of aryl methyl sites for hydroxylation is 1. The van der Waals surface area contributed by atoms with Crippen LogP contribution in [0.15, 0.2) is 78.9 Å². The third kappa shape index (κ3) is 4.62. The minimum atomic E-state index is -1.31. The van der Waals surface area contributed by atoms with Gasteiger partial charge < -0.3 is 10.6 Å². The number of hydrogen-bond acceptors (Lipinski definition) is 3. The highest BCUT2D eigenvalue weighted by Gasteiger charge is 2.52. The minimum Gasteiger partial charge on any atom is -0.350 e. The van der Waals surface area contributed by atoms with E-state index in [0.717, 1.165) is 10.5 Å². The van der Waals surface area contributed by atoms with Crippen LogP contribution in [0.1, 0.15) is 22.3 Å². The van der Waals surface area contributed by atoms with E-state index in [0.29, 0.717) is 16.7 Å². The minimum absolute atomic E-state index is 0.0908. The lowest BCUT2D eigenvalue weighted by Gasteiger charge is -2.27. The van der Waals surface area contributed by atoms with Crippen LogP contribution in [0.25, 0.3) is 0 Å². The average molecular weight is 445 g/mol. The molecule has 1 fully saturated rings. The number of nitrogens with one attached hydrogen (secondary N) is 2. The van der Waals surface area contributed by atoms with Crippen LogP contribution >= 0.6 is 0 Å². The third-order valence-corrected chi connectivity index (χ3v) is 5.78. The Bertz CT molecular complexity index is 1180. The van der Waals surface area contributed by atoms with E-state index < -0.39 is 29.9 Å². The molecule has 168 valence electrons. The molecule has 6 nitrogen and oxygen atoms in total. The fraction of sp³-hybridized carbons (Fsp3) is 0.192. The molecule has 4 amide bonds. The van der Waals surface area contributed by atoms with Gasteiger partial charge in [0.05, 0.1) is 0 Å². The van der Waals surface area contributed by atoms with Gasteiger partial charge in [0, 0.05) is 13.0 Å². The van der Waals surface area contributed by atoms with Gasteiger partial charge in [0.15, 0.2) is 5.54 Å². The number of hydrogen-bond donors (Lipinski definition) is 2. The summed E-state index contributed by atoms with van der Waals surface area (Å²) in [5.41, 5.74) is 1.32. The molecule has 2 N–H and O–H groups in total. The molecule has 1 saturated heterocycles. The largest absolute Gasteiger partial charge is 0.350 e. The van der Waals surface area contributed by atoms with Gasteiger partial charge in [0.2, 0.25) is 5.91 Å². The van der Waals surface area contributed by atoms with Gasteiger partial charge in [-0.2, -0.15) is 0 Å². The lowest BCUT2D eigenvalue weighted by Crippen LogP contribution is -2.46. The lowest BCUT2D eigenvalue weighted by molar-refractivity contribution is -0.135. The van der Waals surface area contributed by atoms with Gasteiger partial charge in [0.25, 0.3) is 5.91 Å². The molecule has 0 aromatic heterocycles. The molecular weight excluding hydrogens is 421 g/mol. The first-order valence-electron chi connectivity index (χ1n) is 10.6. The van der Waals surface area contributed by atoms with Gasteiger partial charge in [-0.15, -0.1) is 0 Å². The smallest absolute Gasteiger partial charge is 0.325 e. The van der Waals surface area contributed by atoms with E-state index in [1.807, 2.05) is 36.4 Å². The molecule has 0 radical (unpaired) electrons. The van der Waals surface area contributed by atoms with Crippen molar-refractivity contribution in [2.24, 2.45) is 0 Å². The standard InChI is InChI=1S/C26H24FN3O3/c1-18-12-13-20(14-22(18)27)16-28-23(31)17-30-24(32)26(29-25(30)33,21-10-6-3-7-11-21)15-19-8-4-2-5-9-19/h2-14H,15-17H2,1H3,(H,28,31)(H,29,33). The van der Waals surface area contributed by atoms with E-state index in [-0.39, 0.29) is 18.8 Å². The fourth-order valence-electron chi connectivity index (χ4n) is 3.96. The monoisotopic (exact) mass is 445 g/mol. The molecule has 0 bridgehead atoms. The van der Waals surface area contributed by atoms with Gasteiger partial charge in [-0.1, -0.05) is 72.8 Å². The van der Waals surface area contributed by atoms with Crippen LogP contribution in [0.4, 0.5) is 9.18 Å². The highest BCUT2D eigenvalue weighted by atomic mass is 19.1. The van der Waals surface area contributed by atoms with Gasteiger partial charge in [0.1, 0.15) is 12.4 Å². The first kappa shape index (κ1) is 22.2. The zero-order chi connectivity index (χ0) is 23.4. The number of urea groups is 1. The summed E-state index contributed by atoms with van der Waals surface area (Å²) < 4.78 is 13.7. The molecule has 0 saturated carbocycles. The Labute approximate surface area is 191 Å². The summed E-state index contributed by atoms with van der Waals surface area (Å²) in [7, 11) is 0. The Hall–Kier alpha value is -4.00. The first-order valence-corrected chi connectivity index (χ1v) is 10.6. The molecule has 1 unspecified atom stereocenters. The Morgan fingerprint density at radius 1 is 0.970 bits per heavy atom. The molecule has 7 heteroatoms. The highest BCUT2D eigenvalue weighted by Crippen LogP contribution is 2.32. The normalized spacial score (nSPS) is 17.7. The van der Waals surface area contributed by atoms with Crippen molar-refractivity contribution < 1.29 is 18.8 Å². The van der Waals surface area contributed by atoms with E-state index in [2.05, 4.69) is 10.6 Å². The van der Waals surface area contributed by atoms with Crippen molar-refractivity contribution in [2.75, 3.05) is 6.54 Å². The summed E-state index contributed by atoms with van der Waals surface area (Å²) in [6, 6.07) is 22.5. The van der Waals surface area contributed by atoms with Crippen molar-refractivity contribution in [3.05, 3.63) is 107 Å². The van der Waals surface area contributed by atoms with Crippen molar-refractivity contribution in [1.82, 2.24) is 15.5 Å². The van der Waals surface area contributed by atoms with Crippen molar-refractivity contribution in [3.63, 3.8) is 0 Å². The molecule has 0 spiro atoms. The van der Waals surface area contributed by atoms with Gasteiger partial charge in [-0.05, 0) is 35.2 Å². The first-order chi connectivity index (χ1) is 15.9. The second-order valence-corrected chi connectivity index (χ2v) is 8.12. The van der Waals surface area contributed by atoms with Crippen LogP contribution in [-0.2, 0) is 28.1 Å². The van der Waals surface area contributed by atoms with Crippen molar-refractivity contribution >= 4 is 17.8 Å². The summed E-state index contributed by atoms with van der Waals surface area (Å²) in [6.45, 7) is 1.32.